The van der Waals surface area contributed by atoms with Gasteiger partial charge in [-0.3, -0.25) is 4.79 Å². The van der Waals surface area contributed by atoms with Gasteiger partial charge in [0.15, 0.2) is 0 Å². The molecule has 6 nitrogen and oxygen atoms in total. The van der Waals surface area contributed by atoms with Crippen LogP contribution in [0.25, 0.3) is 0 Å². The van der Waals surface area contributed by atoms with Crippen molar-refractivity contribution in [1.82, 2.24) is 0 Å². The van der Waals surface area contributed by atoms with Crippen LogP contribution in [0.2, 0.25) is 0 Å². The van der Waals surface area contributed by atoms with Crippen LogP contribution in [0, 0.1) is 0 Å². The molecule has 162 valence electrons. The summed E-state index contributed by atoms with van der Waals surface area (Å²) in [7, 11) is 0. The van der Waals surface area contributed by atoms with Crippen molar-refractivity contribution < 1.29 is 19.4 Å². The first-order valence-corrected chi connectivity index (χ1v) is 9.84. The van der Waals surface area contributed by atoms with Crippen LogP contribution in [0.5, 0.6) is 0 Å². The highest BCUT2D eigenvalue weighted by Crippen LogP contribution is 2.31. The maximum atomic E-state index is 12.6. The summed E-state index contributed by atoms with van der Waals surface area (Å²) in [6, 6.07) is 14.2. The molecule has 6 heteroatoms. The fourth-order valence-electron chi connectivity index (χ4n) is 3.11. The molecule has 0 radical (unpaired) electrons. The molecule has 0 fully saturated rings. The van der Waals surface area contributed by atoms with Crippen LogP contribution in [-0.2, 0) is 27.2 Å². The van der Waals surface area contributed by atoms with Crippen molar-refractivity contribution in [3.63, 3.8) is 0 Å². The summed E-state index contributed by atoms with van der Waals surface area (Å²) in [5.74, 6) is -1.42. The quantitative estimate of drug-likeness (QED) is 0.358. The number of rotatable bonds is 12. The summed E-state index contributed by atoms with van der Waals surface area (Å²) in [6.45, 7) is 10.9. The number of amides is 1. The first kappa shape index (κ1) is 23.8. The smallest absolute Gasteiger partial charge is 0.329 e. The van der Waals surface area contributed by atoms with Gasteiger partial charge in [-0.1, -0.05) is 61.7 Å². The molecule has 0 spiro atoms. The molecule has 0 aliphatic heterocycles. The van der Waals surface area contributed by atoms with Gasteiger partial charge in [0.25, 0.3) is 0 Å². The van der Waals surface area contributed by atoms with Crippen LogP contribution in [-0.4, -0.2) is 29.6 Å². The molecule has 0 aliphatic carbocycles. The van der Waals surface area contributed by atoms with Gasteiger partial charge in [-0.25, -0.2) is 4.79 Å². The van der Waals surface area contributed by atoms with Gasteiger partial charge >= 0.3 is 5.97 Å². The number of carboxylic acid groups (broad SMARTS) is 1. The van der Waals surface area contributed by atoms with Gasteiger partial charge in [0.05, 0.1) is 6.04 Å². The van der Waals surface area contributed by atoms with Gasteiger partial charge in [-0.05, 0) is 47.2 Å². The number of nitrogens with two attached hydrogens (primary N) is 1. The van der Waals surface area contributed by atoms with Crippen LogP contribution in [0.4, 0.5) is 5.69 Å². The third-order valence-corrected chi connectivity index (χ3v) is 4.67. The van der Waals surface area contributed by atoms with E-state index in [1.807, 2.05) is 36.4 Å². The highest BCUT2D eigenvalue weighted by atomic mass is 16.5. The number of nitrogens with one attached hydrogen (secondary N) is 1. The molecule has 2 rings (SSSR count). The number of anilines is 1. The fourth-order valence-corrected chi connectivity index (χ4v) is 3.11. The second kappa shape index (κ2) is 11.6. The number of allylic oxidation sites excluding steroid dienone is 1. The lowest BCUT2D eigenvalue weighted by molar-refractivity contribution is -0.143. The topological polar surface area (TPSA) is 102 Å². The molecule has 0 heterocycles. The van der Waals surface area contributed by atoms with E-state index in [1.165, 1.54) is 6.08 Å². The van der Waals surface area contributed by atoms with E-state index in [9.17, 15) is 9.59 Å². The molecule has 0 bridgehead atoms. The minimum absolute atomic E-state index is 0.322. The Morgan fingerprint density at radius 1 is 1.16 bits per heavy atom. The van der Waals surface area contributed by atoms with Gasteiger partial charge in [0, 0.05) is 5.69 Å². The zero-order chi connectivity index (χ0) is 22.8. The number of carbonyl (C=O) groups is 2. The summed E-state index contributed by atoms with van der Waals surface area (Å²) in [6.07, 6.45) is 3.47. The Balaban J connectivity index is 2.27. The van der Waals surface area contributed by atoms with Gasteiger partial charge in [-0.2, -0.15) is 0 Å². The fraction of sp³-hybridized carbons (Fsp3) is 0.200. The maximum Gasteiger partial charge on any atom is 0.329 e. The number of hydrogen-bond acceptors (Lipinski definition) is 4. The normalized spacial score (nSPS) is 12.4. The van der Waals surface area contributed by atoms with E-state index in [4.69, 9.17) is 15.6 Å². The molecule has 2 aromatic carbocycles. The van der Waals surface area contributed by atoms with Crippen molar-refractivity contribution >= 4 is 17.6 Å². The van der Waals surface area contributed by atoms with Crippen molar-refractivity contribution in [3.05, 3.63) is 103 Å². The standard InChI is InChI=1S/C25H28N2O4/c1-4-9-19-12-13-20(15-21(19)24(17(3)5-2)31-16-23(28)29)27-25(30)22(26)14-18-10-7-6-8-11-18/h4-8,10-13,15,22,24H,1-3,9,14,16,26H2,(H,27,30)(H,28,29). The maximum absolute atomic E-state index is 12.6. The first-order valence-electron chi connectivity index (χ1n) is 9.84. The second-order valence-electron chi connectivity index (χ2n) is 7.06. The minimum Gasteiger partial charge on any atom is -0.480 e. The molecule has 1 amide bonds. The minimum atomic E-state index is -1.09. The third-order valence-electron chi connectivity index (χ3n) is 4.67. The molecule has 2 unspecified atom stereocenters. The SMILES string of the molecule is C=CCc1ccc(NC(=O)C(N)Cc2ccccc2)cc1C(OCC(=O)O)C(=C)C=C. The monoisotopic (exact) mass is 420 g/mol. The third kappa shape index (κ3) is 7.06. The zero-order valence-corrected chi connectivity index (χ0v) is 17.4. The average molecular weight is 421 g/mol. The molecule has 4 N–H and O–H groups in total. The highest BCUT2D eigenvalue weighted by molar-refractivity contribution is 5.95. The van der Waals surface area contributed by atoms with E-state index in [-0.39, 0.29) is 5.91 Å². The first-order chi connectivity index (χ1) is 14.8. The van der Waals surface area contributed by atoms with Crippen molar-refractivity contribution in [2.75, 3.05) is 11.9 Å². The molecule has 2 aromatic rings. The Morgan fingerprint density at radius 2 is 1.87 bits per heavy atom. The van der Waals surface area contributed by atoms with Gasteiger partial charge in [0.2, 0.25) is 5.91 Å². The highest BCUT2D eigenvalue weighted by Gasteiger charge is 2.21. The predicted molar refractivity (Wildman–Crippen MR) is 123 cm³/mol. The Labute approximate surface area is 182 Å². The van der Waals surface area contributed by atoms with E-state index in [0.717, 1.165) is 11.1 Å². The summed E-state index contributed by atoms with van der Waals surface area (Å²) in [4.78, 5) is 23.6. The average Bonchev–Trinajstić information content (AvgIpc) is 2.75. The number of benzene rings is 2. The predicted octanol–water partition coefficient (Wildman–Crippen LogP) is 3.81. The van der Waals surface area contributed by atoms with Crippen LogP contribution in [0.3, 0.4) is 0 Å². The lowest BCUT2D eigenvalue weighted by atomic mass is 9.94. The van der Waals surface area contributed by atoms with Gasteiger partial charge in [-0.15, -0.1) is 6.58 Å². The number of ether oxygens (including phenoxy) is 1. The lowest BCUT2D eigenvalue weighted by Crippen LogP contribution is -2.37. The molecule has 31 heavy (non-hydrogen) atoms. The Hall–Kier alpha value is -3.48. The number of aliphatic carboxylic acids is 1. The van der Waals surface area contributed by atoms with Crippen molar-refractivity contribution in [3.8, 4) is 0 Å². The van der Waals surface area contributed by atoms with Crippen LogP contribution < -0.4 is 11.1 Å². The van der Waals surface area contributed by atoms with E-state index in [0.29, 0.717) is 29.7 Å². The molecule has 0 saturated heterocycles. The van der Waals surface area contributed by atoms with Gasteiger partial charge in [0.1, 0.15) is 12.7 Å². The summed E-state index contributed by atoms with van der Waals surface area (Å²) < 4.78 is 5.57. The van der Waals surface area contributed by atoms with E-state index >= 15 is 0 Å². The molecule has 2 atom stereocenters. The zero-order valence-electron chi connectivity index (χ0n) is 17.4. The van der Waals surface area contributed by atoms with Crippen LogP contribution >= 0.6 is 0 Å². The summed E-state index contributed by atoms with van der Waals surface area (Å²) in [5, 5.41) is 11.9. The number of carboxylic acids is 1. The Kier molecular flexibility index (Phi) is 8.94. The van der Waals surface area contributed by atoms with Crippen molar-refractivity contribution in [2.45, 2.75) is 25.0 Å². The van der Waals surface area contributed by atoms with Crippen molar-refractivity contribution in [2.24, 2.45) is 5.73 Å². The summed E-state index contributed by atoms with van der Waals surface area (Å²) >= 11 is 0. The lowest BCUT2D eigenvalue weighted by Gasteiger charge is -2.22. The number of carbonyl (C=O) groups excluding carboxylic acids is 1. The Morgan fingerprint density at radius 3 is 2.48 bits per heavy atom. The molecule has 0 saturated carbocycles. The van der Waals surface area contributed by atoms with Gasteiger partial charge < -0.3 is 20.9 Å². The van der Waals surface area contributed by atoms with Crippen molar-refractivity contribution in [1.29, 1.82) is 0 Å². The number of hydrogen-bond donors (Lipinski definition) is 3. The molecule has 0 aliphatic rings. The largest absolute Gasteiger partial charge is 0.480 e. The second-order valence-corrected chi connectivity index (χ2v) is 7.06. The molecular formula is C25H28N2O4. The molecular weight excluding hydrogens is 392 g/mol. The van der Waals surface area contributed by atoms with E-state index < -0.39 is 24.7 Å². The molecule has 0 aromatic heterocycles. The van der Waals surface area contributed by atoms with Crippen LogP contribution in [0.15, 0.2) is 86.0 Å². The Bertz CT molecular complexity index is 953. The van der Waals surface area contributed by atoms with E-state index in [2.05, 4.69) is 25.1 Å². The summed E-state index contributed by atoms with van der Waals surface area (Å²) in [5.41, 5.74) is 9.64. The van der Waals surface area contributed by atoms with E-state index in [1.54, 1.807) is 18.2 Å². The van der Waals surface area contributed by atoms with Crippen LogP contribution in [0.1, 0.15) is 22.8 Å².